The molecule has 20 heavy (non-hydrogen) atoms. The first-order valence-electron chi connectivity index (χ1n) is 7.60. The van der Waals surface area contributed by atoms with Gasteiger partial charge in [-0.25, -0.2) is 0 Å². The highest BCUT2D eigenvalue weighted by Crippen LogP contribution is 2.17. The van der Waals surface area contributed by atoms with Gasteiger partial charge in [0.2, 0.25) is 0 Å². The molecule has 0 spiro atoms. The van der Waals surface area contributed by atoms with Crippen molar-refractivity contribution in [2.45, 2.75) is 39.5 Å². The standard InChI is InChI=1S/C17H24N2O/c1-3-5-7-13(4-2)12-19-17(20)15-9-6-8-14-10-11-18-16(14)15/h6,8-11,13,18H,3-5,7,12H2,1-2H3,(H,19,20). The van der Waals surface area contributed by atoms with E-state index >= 15 is 0 Å². The minimum Gasteiger partial charge on any atom is -0.361 e. The van der Waals surface area contributed by atoms with Crippen molar-refractivity contribution in [3.63, 3.8) is 0 Å². The van der Waals surface area contributed by atoms with Crippen LogP contribution in [0.5, 0.6) is 0 Å². The third-order valence-corrected chi connectivity index (χ3v) is 3.93. The Morgan fingerprint density at radius 2 is 2.15 bits per heavy atom. The fourth-order valence-corrected chi connectivity index (χ4v) is 2.55. The van der Waals surface area contributed by atoms with E-state index in [4.69, 9.17) is 0 Å². The minimum atomic E-state index is 0.0213. The molecule has 2 rings (SSSR count). The number of unbranched alkanes of at least 4 members (excludes halogenated alkanes) is 1. The van der Waals surface area contributed by atoms with Crippen molar-refractivity contribution in [3.8, 4) is 0 Å². The quantitative estimate of drug-likeness (QED) is 0.782. The van der Waals surface area contributed by atoms with Crippen LogP contribution in [-0.2, 0) is 0 Å². The van der Waals surface area contributed by atoms with Gasteiger partial charge < -0.3 is 10.3 Å². The molecule has 1 unspecified atom stereocenters. The van der Waals surface area contributed by atoms with E-state index in [1.54, 1.807) is 0 Å². The number of carbonyl (C=O) groups is 1. The Morgan fingerprint density at radius 1 is 1.30 bits per heavy atom. The van der Waals surface area contributed by atoms with E-state index in [9.17, 15) is 4.79 Å². The zero-order valence-electron chi connectivity index (χ0n) is 12.4. The van der Waals surface area contributed by atoms with Gasteiger partial charge in [-0.05, 0) is 24.5 Å². The maximum atomic E-state index is 12.3. The molecule has 0 aliphatic heterocycles. The van der Waals surface area contributed by atoms with Crippen LogP contribution in [0, 0.1) is 5.92 Å². The highest BCUT2D eigenvalue weighted by atomic mass is 16.1. The number of rotatable bonds is 7. The molecular formula is C17H24N2O. The van der Waals surface area contributed by atoms with Crippen molar-refractivity contribution < 1.29 is 4.79 Å². The summed E-state index contributed by atoms with van der Waals surface area (Å²) in [6.45, 7) is 5.17. The average Bonchev–Trinajstić information content (AvgIpc) is 2.95. The summed E-state index contributed by atoms with van der Waals surface area (Å²) >= 11 is 0. The lowest BCUT2D eigenvalue weighted by Gasteiger charge is -2.15. The summed E-state index contributed by atoms with van der Waals surface area (Å²) in [5, 5.41) is 4.16. The van der Waals surface area contributed by atoms with E-state index in [0.717, 1.165) is 29.4 Å². The third-order valence-electron chi connectivity index (χ3n) is 3.93. The Balaban J connectivity index is 1.99. The van der Waals surface area contributed by atoms with Crippen LogP contribution in [0.1, 0.15) is 49.9 Å². The van der Waals surface area contributed by atoms with Gasteiger partial charge in [0.15, 0.2) is 0 Å². The third kappa shape index (κ3) is 3.41. The molecule has 0 aliphatic rings. The van der Waals surface area contributed by atoms with Crippen LogP contribution in [0.25, 0.3) is 10.9 Å². The first-order chi connectivity index (χ1) is 9.76. The molecule has 3 heteroatoms. The van der Waals surface area contributed by atoms with Crippen LogP contribution in [0.4, 0.5) is 0 Å². The van der Waals surface area contributed by atoms with Gasteiger partial charge >= 0.3 is 0 Å². The lowest BCUT2D eigenvalue weighted by atomic mass is 9.99. The van der Waals surface area contributed by atoms with Gasteiger partial charge in [0, 0.05) is 18.1 Å². The molecule has 1 aromatic carbocycles. The lowest BCUT2D eigenvalue weighted by Crippen LogP contribution is -2.29. The van der Waals surface area contributed by atoms with Gasteiger partial charge in [-0.15, -0.1) is 0 Å². The van der Waals surface area contributed by atoms with Crippen LogP contribution in [0.2, 0.25) is 0 Å². The average molecular weight is 272 g/mol. The summed E-state index contributed by atoms with van der Waals surface area (Å²) in [7, 11) is 0. The summed E-state index contributed by atoms with van der Waals surface area (Å²) in [5.41, 5.74) is 1.66. The van der Waals surface area contributed by atoms with Gasteiger partial charge in [-0.3, -0.25) is 4.79 Å². The van der Waals surface area contributed by atoms with Gasteiger partial charge in [0.25, 0.3) is 5.91 Å². The zero-order valence-corrected chi connectivity index (χ0v) is 12.4. The van der Waals surface area contributed by atoms with Crippen LogP contribution < -0.4 is 5.32 Å². The van der Waals surface area contributed by atoms with Crippen molar-refractivity contribution in [1.29, 1.82) is 0 Å². The van der Waals surface area contributed by atoms with Crippen LogP contribution >= 0.6 is 0 Å². The normalized spacial score (nSPS) is 12.5. The highest BCUT2D eigenvalue weighted by molar-refractivity contribution is 6.05. The molecule has 0 radical (unpaired) electrons. The minimum absolute atomic E-state index is 0.0213. The van der Waals surface area contributed by atoms with Crippen LogP contribution in [0.15, 0.2) is 30.5 Å². The fourth-order valence-electron chi connectivity index (χ4n) is 2.55. The number of benzene rings is 1. The number of H-pyrrole nitrogens is 1. The van der Waals surface area contributed by atoms with E-state index in [2.05, 4.69) is 24.1 Å². The zero-order chi connectivity index (χ0) is 14.4. The number of nitrogens with one attached hydrogen (secondary N) is 2. The first kappa shape index (κ1) is 14.6. The van der Waals surface area contributed by atoms with Gasteiger partial charge in [0.05, 0.1) is 11.1 Å². The molecule has 0 aliphatic carbocycles. The SMILES string of the molecule is CCCCC(CC)CNC(=O)c1cccc2cc[nH]c12. The molecule has 3 nitrogen and oxygen atoms in total. The summed E-state index contributed by atoms with van der Waals surface area (Å²) in [6.07, 6.45) is 6.64. The monoisotopic (exact) mass is 272 g/mol. The second-order valence-electron chi connectivity index (χ2n) is 5.37. The van der Waals surface area contributed by atoms with E-state index in [1.807, 2.05) is 30.5 Å². The second-order valence-corrected chi connectivity index (χ2v) is 5.37. The van der Waals surface area contributed by atoms with Crippen LogP contribution in [-0.4, -0.2) is 17.4 Å². The Bertz CT molecular complexity index is 559. The van der Waals surface area contributed by atoms with Gasteiger partial charge in [-0.1, -0.05) is 45.2 Å². The van der Waals surface area contributed by atoms with E-state index in [0.29, 0.717) is 5.92 Å². The molecule has 0 fully saturated rings. The number of hydrogen-bond donors (Lipinski definition) is 2. The molecule has 0 saturated heterocycles. The number of aromatic amines is 1. The van der Waals surface area contributed by atoms with E-state index in [1.165, 1.54) is 19.3 Å². The summed E-state index contributed by atoms with van der Waals surface area (Å²) in [5.74, 6) is 0.606. The Kier molecular flexibility index (Phi) is 5.22. The predicted molar refractivity (Wildman–Crippen MR) is 83.9 cm³/mol. The topological polar surface area (TPSA) is 44.9 Å². The number of amides is 1. The summed E-state index contributed by atoms with van der Waals surface area (Å²) < 4.78 is 0. The number of fused-ring (bicyclic) bond motifs is 1. The largest absolute Gasteiger partial charge is 0.361 e. The molecule has 2 N–H and O–H groups in total. The van der Waals surface area contributed by atoms with Gasteiger partial charge in [-0.2, -0.15) is 0 Å². The molecule has 1 atom stereocenters. The van der Waals surface area contributed by atoms with Crippen LogP contribution in [0.3, 0.4) is 0 Å². The molecule has 0 bridgehead atoms. The highest BCUT2D eigenvalue weighted by Gasteiger charge is 2.12. The number of aromatic nitrogens is 1. The van der Waals surface area contributed by atoms with Crippen molar-refractivity contribution in [1.82, 2.24) is 10.3 Å². The Labute approximate surface area is 120 Å². The number of hydrogen-bond acceptors (Lipinski definition) is 1. The molecule has 2 aromatic rings. The van der Waals surface area contributed by atoms with Crippen molar-refractivity contribution >= 4 is 16.8 Å². The predicted octanol–water partition coefficient (Wildman–Crippen LogP) is 4.11. The summed E-state index contributed by atoms with van der Waals surface area (Å²) in [6, 6.07) is 7.81. The first-order valence-corrected chi connectivity index (χ1v) is 7.60. The fraction of sp³-hybridized carbons (Fsp3) is 0.471. The van der Waals surface area contributed by atoms with Crippen molar-refractivity contribution in [3.05, 3.63) is 36.0 Å². The maximum Gasteiger partial charge on any atom is 0.253 e. The molecular weight excluding hydrogens is 248 g/mol. The van der Waals surface area contributed by atoms with Gasteiger partial charge in [0.1, 0.15) is 0 Å². The Morgan fingerprint density at radius 3 is 2.90 bits per heavy atom. The van der Waals surface area contributed by atoms with E-state index in [-0.39, 0.29) is 5.91 Å². The lowest BCUT2D eigenvalue weighted by molar-refractivity contribution is 0.0947. The smallest absolute Gasteiger partial charge is 0.253 e. The summed E-state index contributed by atoms with van der Waals surface area (Å²) in [4.78, 5) is 15.5. The molecule has 0 saturated carbocycles. The maximum absolute atomic E-state index is 12.3. The molecule has 1 amide bonds. The number of para-hydroxylation sites is 1. The molecule has 1 heterocycles. The van der Waals surface area contributed by atoms with Crippen molar-refractivity contribution in [2.24, 2.45) is 5.92 Å². The second kappa shape index (κ2) is 7.13. The van der Waals surface area contributed by atoms with E-state index < -0.39 is 0 Å². The number of carbonyl (C=O) groups excluding carboxylic acids is 1. The Hall–Kier alpha value is -1.77. The van der Waals surface area contributed by atoms with Crippen molar-refractivity contribution in [2.75, 3.05) is 6.54 Å². The molecule has 1 aromatic heterocycles. The molecule has 108 valence electrons.